The first-order valence-corrected chi connectivity index (χ1v) is 8.17. The number of hydrogen-bond donors (Lipinski definition) is 3. The highest BCUT2D eigenvalue weighted by molar-refractivity contribution is 14.0. The summed E-state index contributed by atoms with van der Waals surface area (Å²) in [6, 6.07) is 11.9. The quantitative estimate of drug-likeness (QED) is 0.314. The van der Waals surface area contributed by atoms with Crippen molar-refractivity contribution in [1.82, 2.24) is 5.32 Å². The zero-order valence-electron chi connectivity index (χ0n) is 14.3. The number of aliphatic imine (C=N–C) groups is 1. The fourth-order valence-electron chi connectivity index (χ4n) is 2.19. The van der Waals surface area contributed by atoms with Gasteiger partial charge in [0, 0.05) is 6.54 Å². The summed E-state index contributed by atoms with van der Waals surface area (Å²) in [5.74, 6) is 0.459. The van der Waals surface area contributed by atoms with Crippen LogP contribution in [-0.4, -0.2) is 31.3 Å². The molecule has 8 heteroatoms. The molecule has 0 spiro atoms. The van der Waals surface area contributed by atoms with Gasteiger partial charge in [0.05, 0.1) is 24.8 Å². The summed E-state index contributed by atoms with van der Waals surface area (Å²) < 4.78 is 18.5. The molecular formula is C18H22ClFIN3O2. The Balaban J connectivity index is 0.00000338. The van der Waals surface area contributed by atoms with Crippen molar-refractivity contribution >= 4 is 41.5 Å². The maximum absolute atomic E-state index is 13.4. The Kier molecular flexibility index (Phi) is 9.68. The topological polar surface area (TPSA) is 79.9 Å². The van der Waals surface area contributed by atoms with Gasteiger partial charge in [0.1, 0.15) is 11.6 Å². The van der Waals surface area contributed by atoms with E-state index in [9.17, 15) is 9.50 Å². The Morgan fingerprint density at radius 1 is 1.31 bits per heavy atom. The number of aliphatic hydroxyl groups excluding tert-OH is 1. The normalized spacial score (nSPS) is 12.2. The third-order valence-electron chi connectivity index (χ3n) is 3.64. The van der Waals surface area contributed by atoms with E-state index >= 15 is 0 Å². The summed E-state index contributed by atoms with van der Waals surface area (Å²) >= 11 is 5.62. The molecule has 0 aliphatic heterocycles. The number of nitrogens with zero attached hydrogens (tertiary/aromatic N) is 1. The second kappa shape index (κ2) is 11.2. The van der Waals surface area contributed by atoms with E-state index in [0.29, 0.717) is 12.1 Å². The molecule has 0 saturated heterocycles. The van der Waals surface area contributed by atoms with E-state index in [0.717, 1.165) is 17.7 Å². The first-order valence-electron chi connectivity index (χ1n) is 7.79. The monoisotopic (exact) mass is 493 g/mol. The van der Waals surface area contributed by atoms with E-state index in [1.165, 1.54) is 12.1 Å². The lowest BCUT2D eigenvalue weighted by Crippen LogP contribution is -2.33. The molecule has 5 nitrogen and oxygen atoms in total. The predicted molar refractivity (Wildman–Crippen MR) is 113 cm³/mol. The molecule has 0 aliphatic rings. The lowest BCUT2D eigenvalue weighted by Gasteiger charge is -2.10. The third-order valence-corrected chi connectivity index (χ3v) is 3.95. The molecule has 0 amide bonds. The molecule has 2 aromatic rings. The second-order valence-corrected chi connectivity index (χ2v) is 5.85. The van der Waals surface area contributed by atoms with Crippen LogP contribution in [0.15, 0.2) is 47.5 Å². The summed E-state index contributed by atoms with van der Waals surface area (Å²) in [6.45, 7) is 0.635. The van der Waals surface area contributed by atoms with Gasteiger partial charge in [0.25, 0.3) is 0 Å². The maximum atomic E-state index is 13.4. The van der Waals surface area contributed by atoms with Crippen LogP contribution in [0.5, 0.6) is 5.75 Å². The van der Waals surface area contributed by atoms with Gasteiger partial charge < -0.3 is 20.9 Å². The van der Waals surface area contributed by atoms with Crippen LogP contribution in [0, 0.1) is 5.82 Å². The van der Waals surface area contributed by atoms with Crippen molar-refractivity contribution in [3.63, 3.8) is 0 Å². The number of ether oxygens (including phenoxy) is 1. The van der Waals surface area contributed by atoms with Crippen molar-refractivity contribution in [1.29, 1.82) is 0 Å². The fourth-order valence-corrected chi connectivity index (χ4v) is 2.31. The smallest absolute Gasteiger partial charge is 0.188 e. The summed E-state index contributed by atoms with van der Waals surface area (Å²) in [4.78, 5) is 4.07. The van der Waals surface area contributed by atoms with Gasteiger partial charge >= 0.3 is 0 Å². The summed E-state index contributed by atoms with van der Waals surface area (Å²) in [5, 5.41) is 13.0. The van der Waals surface area contributed by atoms with Gasteiger partial charge in [-0.25, -0.2) is 4.39 Å². The Morgan fingerprint density at radius 2 is 2.00 bits per heavy atom. The first-order chi connectivity index (χ1) is 12.0. The van der Waals surface area contributed by atoms with Crippen LogP contribution >= 0.6 is 35.6 Å². The van der Waals surface area contributed by atoms with Crippen molar-refractivity contribution in [3.05, 3.63) is 64.4 Å². The number of guanidine groups is 1. The van der Waals surface area contributed by atoms with Crippen LogP contribution < -0.4 is 15.8 Å². The van der Waals surface area contributed by atoms with E-state index < -0.39 is 11.9 Å². The molecule has 142 valence electrons. The lowest BCUT2D eigenvalue weighted by atomic mass is 10.1. The number of halogens is 3. The molecule has 2 aromatic carbocycles. The molecule has 26 heavy (non-hydrogen) atoms. The van der Waals surface area contributed by atoms with Gasteiger partial charge in [0.15, 0.2) is 5.96 Å². The second-order valence-electron chi connectivity index (χ2n) is 5.44. The van der Waals surface area contributed by atoms with E-state index in [1.807, 2.05) is 24.3 Å². The molecule has 0 heterocycles. The van der Waals surface area contributed by atoms with Crippen molar-refractivity contribution in [2.45, 2.75) is 12.5 Å². The average Bonchev–Trinajstić information content (AvgIpc) is 2.62. The number of benzene rings is 2. The van der Waals surface area contributed by atoms with Gasteiger partial charge in [-0.3, -0.25) is 4.99 Å². The molecule has 0 aliphatic carbocycles. The van der Waals surface area contributed by atoms with Gasteiger partial charge in [-0.15, -0.1) is 24.0 Å². The van der Waals surface area contributed by atoms with Crippen LogP contribution in [-0.2, 0) is 6.42 Å². The van der Waals surface area contributed by atoms with E-state index in [-0.39, 0.29) is 41.5 Å². The van der Waals surface area contributed by atoms with Crippen molar-refractivity contribution in [2.24, 2.45) is 10.7 Å². The van der Waals surface area contributed by atoms with Crippen LogP contribution in [0.3, 0.4) is 0 Å². The minimum atomic E-state index is -0.950. The average molecular weight is 494 g/mol. The van der Waals surface area contributed by atoms with E-state index in [1.54, 1.807) is 13.2 Å². The maximum Gasteiger partial charge on any atom is 0.188 e. The highest BCUT2D eigenvalue weighted by Crippen LogP contribution is 2.20. The van der Waals surface area contributed by atoms with Crippen LogP contribution in [0.4, 0.5) is 4.39 Å². The molecule has 1 unspecified atom stereocenters. The van der Waals surface area contributed by atoms with Crippen LogP contribution in [0.2, 0.25) is 5.02 Å². The predicted octanol–water partition coefficient (Wildman–Crippen LogP) is 3.29. The first kappa shape index (κ1) is 22.5. The molecule has 0 aromatic heterocycles. The summed E-state index contributed by atoms with van der Waals surface area (Å²) in [7, 11) is 1.63. The van der Waals surface area contributed by atoms with Gasteiger partial charge in [0.2, 0.25) is 0 Å². The number of methoxy groups -OCH3 is 1. The van der Waals surface area contributed by atoms with Crippen molar-refractivity contribution in [2.75, 3.05) is 20.2 Å². The molecule has 0 radical (unpaired) electrons. The number of aliphatic hydroxyl groups is 1. The minimum Gasteiger partial charge on any atom is -0.497 e. The summed E-state index contributed by atoms with van der Waals surface area (Å²) in [6.07, 6.45) is -0.181. The number of rotatable bonds is 7. The molecular weight excluding hydrogens is 472 g/mol. The Bertz CT molecular complexity index is 729. The Hall–Kier alpha value is -1.58. The molecule has 1 atom stereocenters. The number of hydrogen-bond acceptors (Lipinski definition) is 3. The molecule has 2 rings (SSSR count). The van der Waals surface area contributed by atoms with E-state index in [4.69, 9.17) is 22.1 Å². The highest BCUT2D eigenvalue weighted by Gasteiger charge is 2.10. The molecule has 0 bridgehead atoms. The molecule has 0 fully saturated rings. The number of nitrogens with one attached hydrogen (secondary N) is 1. The summed E-state index contributed by atoms with van der Waals surface area (Å²) in [5.41, 5.74) is 7.31. The lowest BCUT2D eigenvalue weighted by molar-refractivity contribution is 0.186. The zero-order chi connectivity index (χ0) is 18.2. The fraction of sp³-hybridized carbons (Fsp3) is 0.278. The Morgan fingerprint density at radius 3 is 2.62 bits per heavy atom. The standard InChI is InChI=1S/C18H21ClFN3O2.HI/c1-25-14-5-2-12(3-6-14)8-9-22-18(21)23-11-17(24)13-4-7-15(19)16(20)10-13;/h2-7,10,17,24H,8-9,11H2,1H3,(H3,21,22,23);1H. The van der Waals surface area contributed by atoms with Gasteiger partial charge in [-0.1, -0.05) is 29.8 Å². The molecule has 4 N–H and O–H groups in total. The third kappa shape index (κ3) is 6.97. The van der Waals surface area contributed by atoms with Crippen molar-refractivity contribution in [3.8, 4) is 5.75 Å². The van der Waals surface area contributed by atoms with Gasteiger partial charge in [-0.05, 0) is 41.8 Å². The van der Waals surface area contributed by atoms with Gasteiger partial charge in [-0.2, -0.15) is 0 Å². The number of nitrogens with two attached hydrogens (primary N) is 1. The minimum absolute atomic E-state index is 0. The van der Waals surface area contributed by atoms with Crippen molar-refractivity contribution < 1.29 is 14.2 Å². The molecule has 0 saturated carbocycles. The van der Waals surface area contributed by atoms with E-state index in [2.05, 4.69) is 10.3 Å². The Labute approximate surface area is 174 Å². The SMILES string of the molecule is COc1ccc(CCNC(N)=NCC(O)c2ccc(Cl)c(F)c2)cc1.I. The largest absolute Gasteiger partial charge is 0.497 e. The van der Waals surface area contributed by atoms with Crippen LogP contribution in [0.1, 0.15) is 17.2 Å². The highest BCUT2D eigenvalue weighted by atomic mass is 127. The van der Waals surface area contributed by atoms with Crippen LogP contribution in [0.25, 0.3) is 0 Å². The zero-order valence-corrected chi connectivity index (χ0v) is 17.4.